The Kier molecular flexibility index (Phi) is 4.78. The van der Waals surface area contributed by atoms with E-state index in [1.165, 1.54) is 71.6 Å². The monoisotopic (exact) mass is 563 g/mol. The van der Waals surface area contributed by atoms with Crippen LogP contribution in [0, 0.1) is 0 Å². The lowest BCUT2D eigenvalue weighted by molar-refractivity contribution is 0.664. The third-order valence-electron chi connectivity index (χ3n) is 8.61. The number of aromatic nitrogens is 1. The second-order valence-electron chi connectivity index (χ2n) is 11.1. The minimum Gasteiger partial charge on any atom is -0.309 e. The van der Waals surface area contributed by atoms with Crippen molar-refractivity contribution in [2.75, 3.05) is 0 Å². The molecule has 0 unspecified atom stereocenters. The van der Waals surface area contributed by atoms with Gasteiger partial charge in [-0.15, -0.1) is 0 Å². The zero-order valence-corrected chi connectivity index (χ0v) is 23.5. The van der Waals surface area contributed by atoms with Crippen LogP contribution < -0.4 is 0 Å². The lowest BCUT2D eigenvalue weighted by atomic mass is 9.80. The number of fused-ring (bicyclic) bond motifs is 10. The van der Waals surface area contributed by atoms with Crippen molar-refractivity contribution >= 4 is 48.5 Å². The van der Waals surface area contributed by atoms with Crippen molar-refractivity contribution in [1.29, 1.82) is 0 Å². The molecule has 1 nitrogen and oxygen atoms in total. The zero-order chi connectivity index (χ0) is 26.3. The van der Waals surface area contributed by atoms with Gasteiger partial charge in [-0.25, -0.2) is 0 Å². The van der Waals surface area contributed by atoms with E-state index in [2.05, 4.69) is 156 Å². The van der Waals surface area contributed by atoms with Crippen molar-refractivity contribution in [2.24, 2.45) is 0 Å². The number of hydrogen-bond donors (Lipinski definition) is 0. The minimum absolute atomic E-state index is 0.181. The number of rotatable bonds is 2. The summed E-state index contributed by atoms with van der Waals surface area (Å²) in [7, 11) is 0. The Morgan fingerprint density at radius 3 is 2.03 bits per heavy atom. The first-order valence-electron chi connectivity index (χ1n) is 13.5. The quantitative estimate of drug-likeness (QED) is 0.197. The van der Waals surface area contributed by atoms with Crippen molar-refractivity contribution in [1.82, 2.24) is 4.57 Å². The second kappa shape index (κ2) is 8.18. The van der Waals surface area contributed by atoms with E-state index in [1.807, 2.05) is 0 Å². The van der Waals surface area contributed by atoms with Gasteiger partial charge in [-0.05, 0) is 80.6 Å². The average Bonchev–Trinajstić information content (AvgIpc) is 3.43. The topological polar surface area (TPSA) is 4.93 Å². The molecule has 0 radical (unpaired) electrons. The normalized spacial score (nSPS) is 13.7. The third kappa shape index (κ3) is 3.13. The maximum Gasteiger partial charge on any atom is 0.0594 e. The SMILES string of the molecule is CC1(C)c2cc(-c3ccc(Br)cc3)ccc2-c2c1c1c(c3ccccc23)c2ccccc2n1-c1ccccc1. The van der Waals surface area contributed by atoms with Gasteiger partial charge in [0.15, 0.2) is 0 Å². The van der Waals surface area contributed by atoms with Crippen LogP contribution in [0.2, 0.25) is 0 Å². The van der Waals surface area contributed by atoms with Crippen LogP contribution >= 0.6 is 15.9 Å². The van der Waals surface area contributed by atoms with Crippen molar-refractivity contribution in [2.45, 2.75) is 19.3 Å². The molecule has 39 heavy (non-hydrogen) atoms. The van der Waals surface area contributed by atoms with Gasteiger partial charge in [-0.1, -0.05) is 115 Å². The van der Waals surface area contributed by atoms with Crippen LogP contribution in [0.1, 0.15) is 25.0 Å². The molecule has 8 rings (SSSR count). The molecule has 0 spiro atoms. The molecule has 0 N–H and O–H groups in total. The van der Waals surface area contributed by atoms with Crippen molar-refractivity contribution in [3.05, 3.63) is 137 Å². The van der Waals surface area contributed by atoms with Gasteiger partial charge in [0.05, 0.1) is 11.0 Å². The summed E-state index contributed by atoms with van der Waals surface area (Å²) in [5.74, 6) is 0. The van der Waals surface area contributed by atoms with Crippen LogP contribution in [0.5, 0.6) is 0 Å². The zero-order valence-electron chi connectivity index (χ0n) is 21.9. The van der Waals surface area contributed by atoms with Gasteiger partial charge in [-0.3, -0.25) is 0 Å². The molecule has 1 heterocycles. The number of benzene rings is 6. The molecule has 0 atom stereocenters. The molecule has 0 saturated carbocycles. The van der Waals surface area contributed by atoms with E-state index in [0.29, 0.717) is 0 Å². The Morgan fingerprint density at radius 1 is 0.615 bits per heavy atom. The Morgan fingerprint density at radius 2 is 1.26 bits per heavy atom. The van der Waals surface area contributed by atoms with Gasteiger partial charge in [0.2, 0.25) is 0 Å². The number of nitrogens with zero attached hydrogens (tertiary/aromatic N) is 1. The Balaban J connectivity index is 1.55. The highest BCUT2D eigenvalue weighted by atomic mass is 79.9. The molecule has 0 saturated heterocycles. The highest BCUT2D eigenvalue weighted by Crippen LogP contribution is 2.56. The van der Waals surface area contributed by atoms with Crippen LogP contribution in [-0.2, 0) is 5.41 Å². The fraction of sp³-hybridized carbons (Fsp3) is 0.0811. The summed E-state index contributed by atoms with van der Waals surface area (Å²) >= 11 is 3.59. The first kappa shape index (κ1) is 22.8. The van der Waals surface area contributed by atoms with Crippen molar-refractivity contribution in [3.63, 3.8) is 0 Å². The van der Waals surface area contributed by atoms with Gasteiger partial charge >= 0.3 is 0 Å². The molecular weight excluding hydrogens is 538 g/mol. The third-order valence-corrected chi connectivity index (χ3v) is 9.14. The van der Waals surface area contributed by atoms with Gasteiger partial charge in [0, 0.05) is 26.3 Å². The predicted molar refractivity (Wildman–Crippen MR) is 169 cm³/mol. The van der Waals surface area contributed by atoms with E-state index < -0.39 is 0 Å². The van der Waals surface area contributed by atoms with Crippen LogP contribution in [-0.4, -0.2) is 4.57 Å². The molecule has 186 valence electrons. The van der Waals surface area contributed by atoms with E-state index in [-0.39, 0.29) is 5.41 Å². The van der Waals surface area contributed by atoms with E-state index in [0.717, 1.165) is 4.47 Å². The van der Waals surface area contributed by atoms with Gasteiger partial charge in [0.25, 0.3) is 0 Å². The largest absolute Gasteiger partial charge is 0.309 e. The summed E-state index contributed by atoms with van der Waals surface area (Å²) < 4.78 is 3.60. The van der Waals surface area contributed by atoms with Crippen LogP contribution in [0.4, 0.5) is 0 Å². The molecule has 0 amide bonds. The first-order chi connectivity index (χ1) is 19.0. The van der Waals surface area contributed by atoms with Crippen molar-refractivity contribution < 1.29 is 0 Å². The van der Waals surface area contributed by atoms with E-state index in [4.69, 9.17) is 0 Å². The Hall–Kier alpha value is -4.14. The molecule has 7 aromatic rings. The minimum atomic E-state index is -0.181. The molecule has 2 heteroatoms. The number of halogens is 1. The fourth-order valence-electron chi connectivity index (χ4n) is 6.89. The van der Waals surface area contributed by atoms with E-state index in [1.54, 1.807) is 0 Å². The molecule has 0 fully saturated rings. The molecule has 0 bridgehead atoms. The van der Waals surface area contributed by atoms with E-state index >= 15 is 0 Å². The number of hydrogen-bond acceptors (Lipinski definition) is 0. The molecule has 1 aliphatic rings. The Labute approximate surface area is 236 Å². The first-order valence-corrected chi connectivity index (χ1v) is 14.3. The van der Waals surface area contributed by atoms with Crippen LogP contribution in [0.25, 0.3) is 60.5 Å². The molecular formula is C37H26BrN. The van der Waals surface area contributed by atoms with E-state index in [9.17, 15) is 0 Å². The van der Waals surface area contributed by atoms with Gasteiger partial charge in [-0.2, -0.15) is 0 Å². The fourth-order valence-corrected chi connectivity index (χ4v) is 7.16. The van der Waals surface area contributed by atoms with Gasteiger partial charge in [0.1, 0.15) is 0 Å². The molecule has 0 aliphatic heterocycles. The molecule has 6 aromatic carbocycles. The maximum absolute atomic E-state index is 3.59. The smallest absolute Gasteiger partial charge is 0.0594 e. The summed E-state index contributed by atoms with van der Waals surface area (Å²) in [6.45, 7) is 4.81. The summed E-state index contributed by atoms with van der Waals surface area (Å²) in [5, 5.41) is 5.30. The summed E-state index contributed by atoms with van der Waals surface area (Å²) in [6, 6.07) is 44.4. The highest BCUT2D eigenvalue weighted by molar-refractivity contribution is 9.10. The predicted octanol–water partition coefficient (Wildman–Crippen LogP) is 10.7. The van der Waals surface area contributed by atoms with Gasteiger partial charge < -0.3 is 4.57 Å². The van der Waals surface area contributed by atoms with Crippen LogP contribution in [0.3, 0.4) is 0 Å². The highest BCUT2D eigenvalue weighted by Gasteiger charge is 2.40. The number of para-hydroxylation sites is 2. The summed E-state index contributed by atoms with van der Waals surface area (Å²) in [4.78, 5) is 0. The standard InChI is InChI=1S/C37H26BrN/c1-37(2)31-22-24(23-16-19-25(38)20-17-23)18-21-29(31)33-27-12-6-7-13-28(27)34-30-14-8-9-15-32(30)39(36(34)35(33)37)26-10-4-3-5-11-26/h3-22H,1-2H3. The average molecular weight is 565 g/mol. The Bertz CT molecular complexity index is 2080. The second-order valence-corrected chi connectivity index (χ2v) is 12.0. The molecule has 1 aliphatic carbocycles. The van der Waals surface area contributed by atoms with Crippen LogP contribution in [0.15, 0.2) is 126 Å². The lowest BCUT2D eigenvalue weighted by Crippen LogP contribution is -2.17. The lowest BCUT2D eigenvalue weighted by Gasteiger charge is -2.25. The maximum atomic E-state index is 3.59. The van der Waals surface area contributed by atoms with Crippen molar-refractivity contribution in [3.8, 4) is 27.9 Å². The molecule has 1 aromatic heterocycles. The summed E-state index contributed by atoms with van der Waals surface area (Å²) in [6.07, 6.45) is 0. The summed E-state index contributed by atoms with van der Waals surface area (Å²) in [5.41, 5.74) is 11.6.